The minimum atomic E-state index is 0.122. The summed E-state index contributed by atoms with van der Waals surface area (Å²) in [6.07, 6.45) is 8.20. The average Bonchev–Trinajstić information content (AvgIpc) is 2.91. The maximum atomic E-state index is 12.6. The molecule has 3 rings (SSSR count). The Morgan fingerprint density at radius 3 is 2.67 bits per heavy atom. The molecule has 2 aromatic rings. The van der Waals surface area contributed by atoms with Crippen LogP contribution in [0.3, 0.4) is 0 Å². The normalized spacial score (nSPS) is 17.3. The summed E-state index contributed by atoms with van der Waals surface area (Å²) in [4.78, 5) is 15.2. The molecule has 0 unspecified atom stereocenters. The van der Waals surface area contributed by atoms with Crippen molar-refractivity contribution in [3.63, 3.8) is 0 Å². The first kappa shape index (κ1) is 17.0. The van der Waals surface area contributed by atoms with Crippen LogP contribution in [-0.2, 0) is 7.05 Å². The fourth-order valence-corrected chi connectivity index (χ4v) is 3.70. The lowest BCUT2D eigenvalue weighted by atomic mass is 9.95. The number of carbonyl (C=O) groups is 1. The Kier molecular flexibility index (Phi) is 5.20. The van der Waals surface area contributed by atoms with Crippen molar-refractivity contribution < 1.29 is 4.79 Å². The smallest absolute Gasteiger partial charge is 0.187 e. The molecular weight excluding hydrogens is 296 g/mol. The predicted octanol–water partition coefficient (Wildman–Crippen LogP) is 4.29. The van der Waals surface area contributed by atoms with E-state index in [0.717, 1.165) is 48.3 Å². The molecule has 128 valence electrons. The van der Waals surface area contributed by atoms with Crippen molar-refractivity contribution in [2.24, 2.45) is 18.9 Å². The van der Waals surface area contributed by atoms with E-state index in [0.29, 0.717) is 5.92 Å². The van der Waals surface area contributed by atoms with E-state index in [1.54, 1.807) is 6.08 Å². The first-order valence-electron chi connectivity index (χ1n) is 9.03. The molecule has 0 aliphatic carbocycles. The molecule has 2 heterocycles. The number of benzene rings is 1. The van der Waals surface area contributed by atoms with E-state index in [1.807, 2.05) is 36.0 Å². The lowest BCUT2D eigenvalue weighted by molar-refractivity contribution is 0.104. The quantitative estimate of drug-likeness (QED) is 0.606. The number of rotatable bonds is 5. The van der Waals surface area contributed by atoms with Crippen LogP contribution in [-0.4, -0.2) is 34.9 Å². The SMILES string of the molecule is CC(C)CN1CCC(C=CC(=O)c2cn(C)c3ccccc23)CC1. The average molecular weight is 324 g/mol. The highest BCUT2D eigenvalue weighted by molar-refractivity contribution is 6.13. The lowest BCUT2D eigenvalue weighted by Gasteiger charge is -2.31. The van der Waals surface area contributed by atoms with Gasteiger partial charge in [-0.05, 0) is 49.9 Å². The summed E-state index contributed by atoms with van der Waals surface area (Å²) in [5.41, 5.74) is 1.91. The van der Waals surface area contributed by atoms with Gasteiger partial charge >= 0.3 is 0 Å². The van der Waals surface area contributed by atoms with Crippen molar-refractivity contribution in [3.05, 3.63) is 48.2 Å². The van der Waals surface area contributed by atoms with Gasteiger partial charge in [-0.2, -0.15) is 0 Å². The van der Waals surface area contributed by atoms with Gasteiger partial charge in [0.25, 0.3) is 0 Å². The topological polar surface area (TPSA) is 25.2 Å². The molecule has 0 atom stereocenters. The van der Waals surface area contributed by atoms with E-state index < -0.39 is 0 Å². The summed E-state index contributed by atoms with van der Waals surface area (Å²) in [6.45, 7) is 8.03. The standard InChI is InChI=1S/C21H28N2O/c1-16(2)14-23-12-10-17(11-13-23)8-9-21(24)19-15-22(3)20-7-5-4-6-18(19)20/h4-9,15-17H,10-14H2,1-3H3. The summed E-state index contributed by atoms with van der Waals surface area (Å²) in [5.74, 6) is 1.38. The Balaban J connectivity index is 1.64. The largest absolute Gasteiger partial charge is 0.350 e. The Bertz CT molecular complexity index is 733. The van der Waals surface area contributed by atoms with Gasteiger partial charge in [0.1, 0.15) is 0 Å². The zero-order valence-electron chi connectivity index (χ0n) is 15.0. The molecule has 1 aliphatic heterocycles. The lowest BCUT2D eigenvalue weighted by Crippen LogP contribution is -2.35. The maximum absolute atomic E-state index is 12.6. The molecule has 3 heteroatoms. The van der Waals surface area contributed by atoms with Gasteiger partial charge in [0, 0.05) is 36.3 Å². The van der Waals surface area contributed by atoms with Gasteiger partial charge in [-0.3, -0.25) is 4.79 Å². The first-order valence-corrected chi connectivity index (χ1v) is 9.03. The summed E-state index contributed by atoms with van der Waals surface area (Å²) in [6, 6.07) is 8.09. The maximum Gasteiger partial charge on any atom is 0.187 e. The van der Waals surface area contributed by atoms with Gasteiger partial charge in [-0.15, -0.1) is 0 Å². The molecule has 1 saturated heterocycles. The fourth-order valence-electron chi connectivity index (χ4n) is 3.70. The zero-order chi connectivity index (χ0) is 17.1. The van der Waals surface area contributed by atoms with Gasteiger partial charge in [0.15, 0.2) is 5.78 Å². The van der Waals surface area contributed by atoms with E-state index in [-0.39, 0.29) is 5.78 Å². The van der Waals surface area contributed by atoms with Crippen molar-refractivity contribution in [3.8, 4) is 0 Å². The van der Waals surface area contributed by atoms with E-state index >= 15 is 0 Å². The number of para-hydroxylation sites is 1. The third kappa shape index (κ3) is 3.78. The second-order valence-corrected chi connectivity index (χ2v) is 7.43. The number of likely N-dealkylation sites (tertiary alicyclic amines) is 1. The Hall–Kier alpha value is -1.87. The minimum absolute atomic E-state index is 0.122. The molecule has 0 spiro atoms. The molecule has 1 fully saturated rings. The number of piperidine rings is 1. The van der Waals surface area contributed by atoms with Gasteiger partial charge in [-0.1, -0.05) is 38.1 Å². The van der Waals surface area contributed by atoms with Gasteiger partial charge in [0.2, 0.25) is 0 Å². The van der Waals surface area contributed by atoms with Crippen molar-refractivity contribution in [2.45, 2.75) is 26.7 Å². The molecule has 3 nitrogen and oxygen atoms in total. The van der Waals surface area contributed by atoms with E-state index in [2.05, 4.69) is 30.9 Å². The van der Waals surface area contributed by atoms with E-state index in [1.165, 1.54) is 6.54 Å². The van der Waals surface area contributed by atoms with Crippen LogP contribution >= 0.6 is 0 Å². The van der Waals surface area contributed by atoms with Crippen molar-refractivity contribution >= 4 is 16.7 Å². The fraction of sp³-hybridized carbons (Fsp3) is 0.476. The highest BCUT2D eigenvalue weighted by Gasteiger charge is 2.18. The number of ketones is 1. The summed E-state index contributed by atoms with van der Waals surface area (Å²) in [5, 5.41) is 1.04. The number of hydrogen-bond acceptors (Lipinski definition) is 2. The Morgan fingerprint density at radius 2 is 1.96 bits per heavy atom. The molecule has 0 N–H and O–H groups in total. The van der Waals surface area contributed by atoms with E-state index in [4.69, 9.17) is 0 Å². The number of carbonyl (C=O) groups excluding carboxylic acids is 1. The number of aromatic nitrogens is 1. The van der Waals surface area contributed by atoms with Crippen LogP contribution in [0.25, 0.3) is 10.9 Å². The second kappa shape index (κ2) is 7.35. The Morgan fingerprint density at radius 1 is 1.25 bits per heavy atom. The minimum Gasteiger partial charge on any atom is -0.350 e. The number of nitrogens with zero attached hydrogens (tertiary/aromatic N) is 2. The van der Waals surface area contributed by atoms with Gasteiger partial charge in [-0.25, -0.2) is 0 Å². The molecule has 0 bridgehead atoms. The molecule has 24 heavy (non-hydrogen) atoms. The van der Waals surface area contributed by atoms with Crippen LogP contribution in [0.1, 0.15) is 37.0 Å². The van der Waals surface area contributed by atoms with Crippen molar-refractivity contribution in [1.29, 1.82) is 0 Å². The molecule has 1 aliphatic rings. The zero-order valence-corrected chi connectivity index (χ0v) is 15.0. The van der Waals surface area contributed by atoms with Gasteiger partial charge in [0.05, 0.1) is 0 Å². The highest BCUT2D eigenvalue weighted by Crippen LogP contribution is 2.23. The predicted molar refractivity (Wildman–Crippen MR) is 100 cm³/mol. The molecular formula is C21H28N2O. The molecule has 0 saturated carbocycles. The van der Waals surface area contributed by atoms with Crippen molar-refractivity contribution in [1.82, 2.24) is 9.47 Å². The third-order valence-corrected chi connectivity index (χ3v) is 4.94. The monoisotopic (exact) mass is 324 g/mol. The number of allylic oxidation sites excluding steroid dienone is 2. The van der Waals surface area contributed by atoms with Crippen LogP contribution < -0.4 is 0 Å². The summed E-state index contributed by atoms with van der Waals surface area (Å²) >= 11 is 0. The number of aryl methyl sites for hydroxylation is 1. The number of fused-ring (bicyclic) bond motifs is 1. The summed E-state index contributed by atoms with van der Waals surface area (Å²) in [7, 11) is 1.99. The Labute approximate surface area is 145 Å². The highest BCUT2D eigenvalue weighted by atomic mass is 16.1. The van der Waals surface area contributed by atoms with Crippen LogP contribution in [0.2, 0.25) is 0 Å². The number of hydrogen-bond donors (Lipinski definition) is 0. The molecule has 1 aromatic heterocycles. The first-order chi connectivity index (χ1) is 11.5. The van der Waals surface area contributed by atoms with Crippen LogP contribution in [0.5, 0.6) is 0 Å². The van der Waals surface area contributed by atoms with Crippen LogP contribution in [0.4, 0.5) is 0 Å². The van der Waals surface area contributed by atoms with Gasteiger partial charge < -0.3 is 9.47 Å². The van der Waals surface area contributed by atoms with Crippen LogP contribution in [0, 0.1) is 11.8 Å². The second-order valence-electron chi connectivity index (χ2n) is 7.43. The molecule has 0 radical (unpaired) electrons. The molecule has 0 amide bonds. The third-order valence-electron chi connectivity index (χ3n) is 4.94. The van der Waals surface area contributed by atoms with Crippen LogP contribution in [0.15, 0.2) is 42.6 Å². The summed E-state index contributed by atoms with van der Waals surface area (Å²) < 4.78 is 2.03. The van der Waals surface area contributed by atoms with E-state index in [9.17, 15) is 4.79 Å². The molecule has 1 aromatic carbocycles. The van der Waals surface area contributed by atoms with Crippen molar-refractivity contribution in [2.75, 3.05) is 19.6 Å².